The zero-order chi connectivity index (χ0) is 19.2. The molecule has 0 N–H and O–H groups in total. The number of rotatable bonds is 3. The molecule has 0 aliphatic carbocycles. The number of carbonyl (C=O) groups is 2. The molecule has 134 valence electrons. The summed E-state index contributed by atoms with van der Waals surface area (Å²) in [6, 6.07) is 8.51. The van der Waals surface area contributed by atoms with E-state index in [1.165, 1.54) is 13.2 Å². The van der Waals surface area contributed by atoms with Crippen LogP contribution in [0.5, 0.6) is 0 Å². The first-order valence-corrected chi connectivity index (χ1v) is 8.01. The molecule has 0 spiro atoms. The van der Waals surface area contributed by atoms with E-state index in [1.54, 1.807) is 43.7 Å². The van der Waals surface area contributed by atoms with E-state index in [1.807, 2.05) is 0 Å². The second kappa shape index (κ2) is 5.99. The summed E-state index contributed by atoms with van der Waals surface area (Å²) in [6.07, 6.45) is 0. The fraction of sp³-hybridized carbons (Fsp3) is 0.316. The lowest BCUT2D eigenvalue weighted by atomic mass is 9.85. The van der Waals surface area contributed by atoms with Crippen LogP contribution in [0, 0.1) is 17.1 Å². The summed E-state index contributed by atoms with van der Waals surface area (Å²) < 4.78 is 21.2. The van der Waals surface area contributed by atoms with Crippen LogP contribution in [0.1, 0.15) is 25.1 Å². The molecule has 1 aliphatic heterocycles. The van der Waals surface area contributed by atoms with Crippen LogP contribution in [0.25, 0.3) is 11.3 Å². The van der Waals surface area contributed by atoms with Crippen molar-refractivity contribution < 1.29 is 18.7 Å². The number of esters is 1. The Morgan fingerprint density at radius 2 is 2.04 bits per heavy atom. The highest BCUT2D eigenvalue weighted by molar-refractivity contribution is 6.10. The summed E-state index contributed by atoms with van der Waals surface area (Å²) in [5.74, 6) is -1.58. The lowest BCUT2D eigenvalue weighted by Gasteiger charge is -2.19. The lowest BCUT2D eigenvalue weighted by molar-refractivity contribution is -0.140. The van der Waals surface area contributed by atoms with Gasteiger partial charge in [-0.3, -0.25) is 14.5 Å². The van der Waals surface area contributed by atoms with E-state index in [9.17, 15) is 14.0 Å². The number of ether oxygens (including phenoxy) is 1. The average molecular weight is 355 g/mol. The first-order chi connectivity index (χ1) is 12.2. The highest BCUT2D eigenvalue weighted by Crippen LogP contribution is 2.45. The topological polar surface area (TPSA) is 75.3 Å². The highest BCUT2D eigenvalue weighted by atomic mass is 19.1. The SMILES string of the molecule is COC(=O)CN1C(=O)C(C)(C)c2cc(-c3ccc(C#N)n3C)cc(F)c21. The molecule has 1 aromatic carbocycles. The van der Waals surface area contributed by atoms with Gasteiger partial charge in [0.05, 0.1) is 18.2 Å². The van der Waals surface area contributed by atoms with Crippen LogP contribution in [0.15, 0.2) is 24.3 Å². The number of methoxy groups -OCH3 is 1. The molecule has 0 radical (unpaired) electrons. The molecule has 0 saturated carbocycles. The number of nitriles is 1. The van der Waals surface area contributed by atoms with Crippen molar-refractivity contribution in [1.82, 2.24) is 4.57 Å². The van der Waals surface area contributed by atoms with Crippen molar-refractivity contribution >= 4 is 17.6 Å². The maximum absolute atomic E-state index is 15.0. The first kappa shape index (κ1) is 17.7. The number of aromatic nitrogens is 1. The summed E-state index contributed by atoms with van der Waals surface area (Å²) in [5.41, 5.74) is 1.29. The van der Waals surface area contributed by atoms with Crippen LogP contribution < -0.4 is 4.90 Å². The number of nitrogens with zero attached hydrogens (tertiary/aromatic N) is 3. The predicted molar refractivity (Wildman–Crippen MR) is 92.9 cm³/mol. The third-order valence-electron chi connectivity index (χ3n) is 4.83. The van der Waals surface area contributed by atoms with Crippen molar-refractivity contribution in [1.29, 1.82) is 5.26 Å². The summed E-state index contributed by atoms with van der Waals surface area (Å²) in [6.45, 7) is 3.05. The van der Waals surface area contributed by atoms with Crippen molar-refractivity contribution in [3.05, 3.63) is 41.3 Å². The third-order valence-corrected chi connectivity index (χ3v) is 4.83. The summed E-state index contributed by atoms with van der Waals surface area (Å²) in [7, 11) is 2.94. The second-order valence-electron chi connectivity index (χ2n) is 6.72. The summed E-state index contributed by atoms with van der Waals surface area (Å²) >= 11 is 0. The minimum absolute atomic E-state index is 0.101. The second-order valence-corrected chi connectivity index (χ2v) is 6.72. The molecule has 26 heavy (non-hydrogen) atoms. The van der Waals surface area contributed by atoms with E-state index < -0.39 is 17.2 Å². The van der Waals surface area contributed by atoms with Crippen molar-refractivity contribution in [3.63, 3.8) is 0 Å². The fourth-order valence-electron chi connectivity index (χ4n) is 3.31. The first-order valence-electron chi connectivity index (χ1n) is 8.01. The van der Waals surface area contributed by atoms with Gasteiger partial charge in [-0.2, -0.15) is 5.26 Å². The van der Waals surface area contributed by atoms with Gasteiger partial charge in [0, 0.05) is 18.3 Å². The molecular formula is C19H18FN3O3. The van der Waals surface area contributed by atoms with Gasteiger partial charge < -0.3 is 9.30 Å². The number of hydrogen-bond acceptors (Lipinski definition) is 4. The monoisotopic (exact) mass is 355 g/mol. The molecule has 7 heteroatoms. The highest BCUT2D eigenvalue weighted by Gasteiger charge is 2.46. The van der Waals surface area contributed by atoms with Crippen LogP contribution in [0.3, 0.4) is 0 Å². The Bertz CT molecular complexity index is 969. The van der Waals surface area contributed by atoms with Gasteiger partial charge in [-0.25, -0.2) is 4.39 Å². The van der Waals surface area contributed by atoms with E-state index in [4.69, 9.17) is 5.26 Å². The molecule has 0 atom stereocenters. The van der Waals surface area contributed by atoms with Crippen molar-refractivity contribution in [2.75, 3.05) is 18.6 Å². The average Bonchev–Trinajstić information content (AvgIpc) is 3.06. The number of carbonyl (C=O) groups excluding carboxylic acids is 2. The number of benzene rings is 1. The maximum Gasteiger partial charge on any atom is 0.325 e. The van der Waals surface area contributed by atoms with E-state index >= 15 is 0 Å². The van der Waals surface area contributed by atoms with Crippen LogP contribution in [0.2, 0.25) is 0 Å². The molecule has 6 nitrogen and oxygen atoms in total. The molecule has 2 aromatic rings. The molecule has 0 saturated heterocycles. The van der Waals surface area contributed by atoms with E-state index in [2.05, 4.69) is 10.8 Å². The van der Waals surface area contributed by atoms with Gasteiger partial charge in [0.15, 0.2) is 0 Å². The van der Waals surface area contributed by atoms with E-state index in [-0.39, 0.29) is 18.1 Å². The number of halogens is 1. The Kier molecular flexibility index (Phi) is 4.07. The maximum atomic E-state index is 15.0. The van der Waals surface area contributed by atoms with Gasteiger partial charge >= 0.3 is 5.97 Å². The summed E-state index contributed by atoms with van der Waals surface area (Å²) in [5, 5.41) is 9.11. The zero-order valence-corrected chi connectivity index (χ0v) is 15.0. The lowest BCUT2D eigenvalue weighted by Crippen LogP contribution is -2.39. The van der Waals surface area contributed by atoms with Gasteiger partial charge in [-0.15, -0.1) is 0 Å². The third kappa shape index (κ3) is 2.46. The Balaban J connectivity index is 2.17. The predicted octanol–water partition coefficient (Wildman–Crippen LogP) is 2.50. The standard InChI is InChI=1S/C19H18FN3O3/c1-19(2)13-7-11(15-6-5-12(9-21)22(15)3)8-14(20)17(13)23(18(19)25)10-16(24)26-4/h5-8H,10H2,1-4H3. The molecule has 1 aliphatic rings. The molecule has 1 amide bonds. The molecule has 0 unspecified atom stereocenters. The Morgan fingerprint density at radius 3 is 2.62 bits per heavy atom. The minimum Gasteiger partial charge on any atom is -0.468 e. The normalized spacial score (nSPS) is 14.9. The van der Waals surface area contributed by atoms with Gasteiger partial charge in [-0.05, 0) is 43.7 Å². The quantitative estimate of drug-likeness (QED) is 0.793. The largest absolute Gasteiger partial charge is 0.468 e. The Morgan fingerprint density at radius 1 is 1.35 bits per heavy atom. The van der Waals surface area contributed by atoms with Gasteiger partial charge in [0.2, 0.25) is 5.91 Å². The molecular weight excluding hydrogens is 337 g/mol. The van der Waals surface area contributed by atoms with Crippen molar-refractivity contribution in [3.8, 4) is 17.3 Å². The van der Waals surface area contributed by atoms with Crippen molar-refractivity contribution in [2.45, 2.75) is 19.3 Å². The van der Waals surface area contributed by atoms with E-state index in [0.717, 1.165) is 4.90 Å². The van der Waals surface area contributed by atoms with Crippen LogP contribution in [-0.4, -0.2) is 30.1 Å². The number of amides is 1. The fourth-order valence-corrected chi connectivity index (χ4v) is 3.31. The molecule has 0 fully saturated rings. The zero-order valence-electron chi connectivity index (χ0n) is 15.0. The Hall–Kier alpha value is -3.14. The number of anilines is 1. The van der Waals surface area contributed by atoms with Crippen LogP contribution in [-0.2, 0) is 26.8 Å². The van der Waals surface area contributed by atoms with Gasteiger partial charge in [0.25, 0.3) is 0 Å². The molecule has 0 bridgehead atoms. The molecule has 2 heterocycles. The minimum atomic E-state index is -0.983. The summed E-state index contributed by atoms with van der Waals surface area (Å²) in [4.78, 5) is 25.5. The van der Waals surface area contributed by atoms with Gasteiger partial charge in [-0.1, -0.05) is 0 Å². The number of fused-ring (bicyclic) bond motifs is 1. The van der Waals surface area contributed by atoms with Crippen LogP contribution >= 0.6 is 0 Å². The van der Waals surface area contributed by atoms with Crippen molar-refractivity contribution in [2.24, 2.45) is 7.05 Å². The van der Waals surface area contributed by atoms with E-state index in [0.29, 0.717) is 22.5 Å². The Labute approximate surface area is 150 Å². The number of hydrogen-bond donors (Lipinski definition) is 0. The smallest absolute Gasteiger partial charge is 0.325 e. The molecule has 1 aromatic heterocycles. The molecule has 3 rings (SSSR count). The van der Waals surface area contributed by atoms with Gasteiger partial charge in [0.1, 0.15) is 24.1 Å². The van der Waals surface area contributed by atoms with Crippen LogP contribution in [0.4, 0.5) is 10.1 Å².